The minimum Gasteiger partial charge on any atom is -0.496 e. The first-order valence-corrected chi connectivity index (χ1v) is 7.20. The van der Waals surface area contributed by atoms with Crippen LogP contribution in [0.3, 0.4) is 0 Å². The number of aromatic nitrogens is 2. The van der Waals surface area contributed by atoms with E-state index in [1.165, 1.54) is 18.2 Å². The zero-order chi connectivity index (χ0) is 16.2. The highest BCUT2D eigenvalue weighted by Gasteiger charge is 2.13. The van der Waals surface area contributed by atoms with Crippen molar-refractivity contribution in [3.63, 3.8) is 0 Å². The Kier molecular flexibility index (Phi) is 4.43. The molecule has 3 aromatic rings. The largest absolute Gasteiger partial charge is 0.496 e. The van der Waals surface area contributed by atoms with Gasteiger partial charge in [-0.2, -0.15) is 4.98 Å². The van der Waals surface area contributed by atoms with Gasteiger partial charge in [-0.3, -0.25) is 0 Å². The summed E-state index contributed by atoms with van der Waals surface area (Å²) in [7, 11) is 1.57. The number of anilines is 1. The van der Waals surface area contributed by atoms with Crippen LogP contribution < -0.4 is 10.1 Å². The molecular weight excluding hydrogens is 321 g/mol. The fourth-order valence-electron chi connectivity index (χ4n) is 2.07. The summed E-state index contributed by atoms with van der Waals surface area (Å²) in [6.45, 7) is 0.180. The molecule has 0 aliphatic carbocycles. The Bertz CT molecular complexity index is 823. The number of rotatable bonds is 5. The molecule has 7 heteroatoms. The van der Waals surface area contributed by atoms with Gasteiger partial charge in [-0.15, -0.1) is 0 Å². The number of nitrogens with one attached hydrogen (secondary N) is 1. The fourth-order valence-corrected chi connectivity index (χ4v) is 2.24. The van der Waals surface area contributed by atoms with E-state index in [-0.39, 0.29) is 12.2 Å². The molecule has 2 aromatic carbocycles. The zero-order valence-corrected chi connectivity index (χ0v) is 13.0. The van der Waals surface area contributed by atoms with Gasteiger partial charge >= 0.3 is 0 Å². The van der Waals surface area contributed by atoms with Gasteiger partial charge in [0.2, 0.25) is 11.7 Å². The molecule has 3 rings (SSSR count). The van der Waals surface area contributed by atoms with E-state index >= 15 is 0 Å². The predicted molar refractivity (Wildman–Crippen MR) is 85.0 cm³/mol. The second-order valence-electron chi connectivity index (χ2n) is 4.69. The van der Waals surface area contributed by atoms with E-state index in [2.05, 4.69) is 15.5 Å². The summed E-state index contributed by atoms with van der Waals surface area (Å²) in [5.41, 5.74) is 0.994. The SMILES string of the molecule is COc1ccccc1-c1noc(CNc2cc(Cl)ccc2F)n1. The normalized spacial score (nSPS) is 10.6. The van der Waals surface area contributed by atoms with E-state index in [9.17, 15) is 4.39 Å². The molecule has 0 amide bonds. The number of benzene rings is 2. The van der Waals surface area contributed by atoms with E-state index in [1.54, 1.807) is 7.11 Å². The van der Waals surface area contributed by atoms with Crippen molar-refractivity contribution in [2.45, 2.75) is 6.54 Å². The van der Waals surface area contributed by atoms with Crippen molar-refractivity contribution in [2.24, 2.45) is 0 Å². The van der Waals surface area contributed by atoms with Gasteiger partial charge in [0.15, 0.2) is 0 Å². The third-order valence-corrected chi connectivity index (χ3v) is 3.41. The maximum absolute atomic E-state index is 13.6. The highest BCUT2D eigenvalue weighted by molar-refractivity contribution is 6.30. The number of para-hydroxylation sites is 1. The van der Waals surface area contributed by atoms with Crippen LogP contribution in [0.15, 0.2) is 47.0 Å². The second kappa shape index (κ2) is 6.66. The molecule has 1 heterocycles. The van der Waals surface area contributed by atoms with E-state index in [1.807, 2.05) is 24.3 Å². The van der Waals surface area contributed by atoms with Gasteiger partial charge in [0.25, 0.3) is 0 Å². The second-order valence-corrected chi connectivity index (χ2v) is 5.13. The van der Waals surface area contributed by atoms with Crippen molar-refractivity contribution in [2.75, 3.05) is 12.4 Å². The van der Waals surface area contributed by atoms with Crippen molar-refractivity contribution in [1.82, 2.24) is 10.1 Å². The van der Waals surface area contributed by atoms with Crippen LogP contribution in [-0.2, 0) is 6.54 Å². The van der Waals surface area contributed by atoms with Gasteiger partial charge in [0, 0.05) is 5.02 Å². The van der Waals surface area contributed by atoms with Crippen LogP contribution in [0, 0.1) is 5.82 Å². The Balaban J connectivity index is 1.76. The number of methoxy groups -OCH3 is 1. The number of ether oxygens (including phenoxy) is 1. The summed E-state index contributed by atoms with van der Waals surface area (Å²) < 4.78 is 24.1. The first-order valence-electron chi connectivity index (χ1n) is 6.82. The zero-order valence-electron chi connectivity index (χ0n) is 12.2. The maximum Gasteiger partial charge on any atom is 0.246 e. The smallest absolute Gasteiger partial charge is 0.246 e. The molecule has 0 aliphatic heterocycles. The average molecular weight is 334 g/mol. The first kappa shape index (κ1) is 15.3. The lowest BCUT2D eigenvalue weighted by Crippen LogP contribution is -2.01. The highest BCUT2D eigenvalue weighted by atomic mass is 35.5. The minimum absolute atomic E-state index is 0.180. The van der Waals surface area contributed by atoms with Crippen LogP contribution in [0.5, 0.6) is 5.75 Å². The molecule has 0 atom stereocenters. The topological polar surface area (TPSA) is 60.2 Å². The quantitative estimate of drug-likeness (QED) is 0.760. The van der Waals surface area contributed by atoms with E-state index < -0.39 is 5.82 Å². The minimum atomic E-state index is -0.404. The summed E-state index contributed by atoms with van der Waals surface area (Å²) >= 11 is 5.84. The van der Waals surface area contributed by atoms with Crippen LogP contribution in [0.2, 0.25) is 5.02 Å². The van der Waals surface area contributed by atoms with Crippen LogP contribution in [0.25, 0.3) is 11.4 Å². The first-order chi connectivity index (χ1) is 11.2. The molecule has 1 N–H and O–H groups in total. The van der Waals surface area contributed by atoms with Crippen LogP contribution in [-0.4, -0.2) is 17.3 Å². The average Bonchev–Trinajstić information content (AvgIpc) is 3.04. The molecule has 23 heavy (non-hydrogen) atoms. The van der Waals surface area contributed by atoms with E-state index in [0.717, 1.165) is 5.56 Å². The Morgan fingerprint density at radius 2 is 2.09 bits per heavy atom. The molecule has 0 aliphatic rings. The Morgan fingerprint density at radius 3 is 2.91 bits per heavy atom. The third-order valence-electron chi connectivity index (χ3n) is 3.17. The molecule has 5 nitrogen and oxygen atoms in total. The number of nitrogens with zero attached hydrogens (tertiary/aromatic N) is 2. The molecule has 0 bridgehead atoms. The summed E-state index contributed by atoms with van der Waals surface area (Å²) in [6.07, 6.45) is 0. The van der Waals surface area contributed by atoms with Crippen molar-refractivity contribution in [3.8, 4) is 17.1 Å². The molecule has 0 fully saturated rings. The summed E-state index contributed by atoms with van der Waals surface area (Å²) in [4.78, 5) is 4.28. The Hall–Kier alpha value is -2.60. The number of hydrogen-bond donors (Lipinski definition) is 1. The third kappa shape index (κ3) is 3.43. The fraction of sp³-hybridized carbons (Fsp3) is 0.125. The van der Waals surface area contributed by atoms with Crippen LogP contribution in [0.1, 0.15) is 5.89 Å². The van der Waals surface area contributed by atoms with E-state index in [0.29, 0.717) is 22.5 Å². The highest BCUT2D eigenvalue weighted by Crippen LogP contribution is 2.27. The van der Waals surface area contributed by atoms with Gasteiger partial charge in [0.05, 0.1) is 24.9 Å². The Labute approximate surface area is 137 Å². The van der Waals surface area contributed by atoms with Crippen molar-refractivity contribution >= 4 is 17.3 Å². The summed E-state index contributed by atoms with van der Waals surface area (Å²) in [6, 6.07) is 11.6. The van der Waals surface area contributed by atoms with Crippen molar-refractivity contribution in [3.05, 3.63) is 59.2 Å². The van der Waals surface area contributed by atoms with Gasteiger partial charge in [-0.25, -0.2) is 4.39 Å². The van der Waals surface area contributed by atoms with Crippen molar-refractivity contribution in [1.29, 1.82) is 0 Å². The maximum atomic E-state index is 13.6. The number of hydrogen-bond acceptors (Lipinski definition) is 5. The molecule has 0 radical (unpaired) electrons. The summed E-state index contributed by atoms with van der Waals surface area (Å²) in [5, 5.41) is 7.24. The van der Waals surface area contributed by atoms with E-state index in [4.69, 9.17) is 20.9 Å². The monoisotopic (exact) mass is 333 g/mol. The van der Waals surface area contributed by atoms with Gasteiger partial charge in [-0.1, -0.05) is 28.9 Å². The van der Waals surface area contributed by atoms with Crippen LogP contribution >= 0.6 is 11.6 Å². The lowest BCUT2D eigenvalue weighted by molar-refractivity contribution is 0.383. The predicted octanol–water partition coefficient (Wildman–Crippen LogP) is 4.15. The van der Waals surface area contributed by atoms with Gasteiger partial charge < -0.3 is 14.6 Å². The molecular formula is C16H13ClFN3O2. The molecule has 118 valence electrons. The number of halogens is 2. The Morgan fingerprint density at radius 1 is 1.26 bits per heavy atom. The van der Waals surface area contributed by atoms with Crippen molar-refractivity contribution < 1.29 is 13.7 Å². The standard InChI is InChI=1S/C16H13ClFN3O2/c1-22-14-5-3-2-4-11(14)16-20-15(23-21-16)9-19-13-8-10(17)6-7-12(13)18/h2-8,19H,9H2,1H3. The van der Waals surface area contributed by atoms with Gasteiger partial charge in [0.1, 0.15) is 11.6 Å². The lowest BCUT2D eigenvalue weighted by atomic mass is 10.2. The van der Waals surface area contributed by atoms with Gasteiger partial charge in [-0.05, 0) is 30.3 Å². The molecule has 0 unspecified atom stereocenters. The molecule has 0 saturated heterocycles. The molecule has 0 saturated carbocycles. The van der Waals surface area contributed by atoms with Crippen LogP contribution in [0.4, 0.5) is 10.1 Å². The molecule has 0 spiro atoms. The lowest BCUT2D eigenvalue weighted by Gasteiger charge is -2.05. The molecule has 1 aromatic heterocycles. The summed E-state index contributed by atoms with van der Waals surface area (Å²) in [5.74, 6) is 0.976.